The zero-order chi connectivity index (χ0) is 11.4. The SMILES string of the molecule is Cc1c(C(=O)O)nnn1C(C)CCCO. The van der Waals surface area contributed by atoms with E-state index in [0.717, 1.165) is 6.42 Å². The molecule has 1 aromatic rings. The first-order valence-electron chi connectivity index (χ1n) is 4.83. The summed E-state index contributed by atoms with van der Waals surface area (Å²) in [6, 6.07) is 0.0535. The second-order valence-corrected chi connectivity index (χ2v) is 3.49. The van der Waals surface area contributed by atoms with E-state index >= 15 is 0 Å². The molecule has 0 bridgehead atoms. The van der Waals surface area contributed by atoms with Gasteiger partial charge in [0.25, 0.3) is 0 Å². The standard InChI is InChI=1S/C9H15N3O3/c1-6(4-3-5-13)12-7(2)8(9(14)15)10-11-12/h6,13H,3-5H2,1-2H3,(H,14,15). The van der Waals surface area contributed by atoms with E-state index in [9.17, 15) is 4.79 Å². The lowest BCUT2D eigenvalue weighted by Gasteiger charge is -2.11. The fourth-order valence-electron chi connectivity index (χ4n) is 1.47. The number of hydrogen-bond donors (Lipinski definition) is 2. The van der Waals surface area contributed by atoms with E-state index in [-0.39, 0.29) is 18.3 Å². The molecular weight excluding hydrogens is 198 g/mol. The van der Waals surface area contributed by atoms with E-state index in [2.05, 4.69) is 10.3 Å². The van der Waals surface area contributed by atoms with Gasteiger partial charge < -0.3 is 10.2 Å². The maximum Gasteiger partial charge on any atom is 0.358 e. The van der Waals surface area contributed by atoms with E-state index in [1.807, 2.05) is 6.92 Å². The lowest BCUT2D eigenvalue weighted by Crippen LogP contribution is -2.10. The summed E-state index contributed by atoms with van der Waals surface area (Å²) in [4.78, 5) is 10.7. The summed E-state index contributed by atoms with van der Waals surface area (Å²) in [6.45, 7) is 3.73. The van der Waals surface area contributed by atoms with Gasteiger partial charge in [0.2, 0.25) is 0 Å². The summed E-state index contributed by atoms with van der Waals surface area (Å²) in [6.07, 6.45) is 1.42. The van der Waals surface area contributed by atoms with Crippen LogP contribution >= 0.6 is 0 Å². The van der Waals surface area contributed by atoms with Crippen LogP contribution < -0.4 is 0 Å². The van der Waals surface area contributed by atoms with Crippen LogP contribution in [0.2, 0.25) is 0 Å². The van der Waals surface area contributed by atoms with Crippen molar-refractivity contribution in [2.45, 2.75) is 32.7 Å². The smallest absolute Gasteiger partial charge is 0.358 e. The van der Waals surface area contributed by atoms with Gasteiger partial charge in [0, 0.05) is 6.61 Å². The Kier molecular flexibility index (Phi) is 3.79. The fraction of sp³-hybridized carbons (Fsp3) is 0.667. The van der Waals surface area contributed by atoms with Gasteiger partial charge in [-0.1, -0.05) is 5.21 Å². The molecule has 6 nitrogen and oxygen atoms in total. The van der Waals surface area contributed by atoms with Crippen LogP contribution in [0.3, 0.4) is 0 Å². The number of carboxylic acid groups (broad SMARTS) is 1. The molecule has 0 saturated heterocycles. The summed E-state index contributed by atoms with van der Waals surface area (Å²) >= 11 is 0. The van der Waals surface area contributed by atoms with Crippen LogP contribution in [-0.2, 0) is 0 Å². The first kappa shape index (κ1) is 11.6. The Labute approximate surface area is 87.5 Å². The number of hydrogen-bond acceptors (Lipinski definition) is 4. The molecule has 0 amide bonds. The van der Waals surface area contributed by atoms with Crippen molar-refractivity contribution in [1.29, 1.82) is 0 Å². The molecule has 0 aliphatic heterocycles. The van der Waals surface area contributed by atoms with E-state index in [1.165, 1.54) is 0 Å². The van der Waals surface area contributed by atoms with Gasteiger partial charge >= 0.3 is 5.97 Å². The number of carboxylic acids is 1. The zero-order valence-corrected chi connectivity index (χ0v) is 8.84. The maximum absolute atomic E-state index is 10.7. The molecular formula is C9H15N3O3. The third-order valence-corrected chi connectivity index (χ3v) is 2.33. The molecule has 0 saturated carbocycles. The van der Waals surface area contributed by atoms with Crippen molar-refractivity contribution >= 4 is 5.97 Å². The first-order valence-corrected chi connectivity index (χ1v) is 4.83. The Balaban J connectivity index is 2.81. The third kappa shape index (κ3) is 2.53. The van der Waals surface area contributed by atoms with Crippen LogP contribution in [0.5, 0.6) is 0 Å². The summed E-state index contributed by atoms with van der Waals surface area (Å²) in [5.41, 5.74) is 0.541. The summed E-state index contributed by atoms with van der Waals surface area (Å²) in [7, 11) is 0. The average Bonchev–Trinajstić information content (AvgIpc) is 2.56. The van der Waals surface area contributed by atoms with Gasteiger partial charge in [-0.3, -0.25) is 0 Å². The minimum absolute atomic E-state index is 0.00847. The van der Waals surface area contributed by atoms with E-state index < -0.39 is 5.97 Å². The van der Waals surface area contributed by atoms with Gasteiger partial charge in [0.1, 0.15) is 0 Å². The third-order valence-electron chi connectivity index (χ3n) is 2.33. The Morgan fingerprint density at radius 3 is 2.73 bits per heavy atom. The van der Waals surface area contributed by atoms with Crippen molar-refractivity contribution in [2.24, 2.45) is 0 Å². The molecule has 1 rings (SSSR count). The number of rotatable bonds is 5. The molecule has 1 unspecified atom stereocenters. The molecule has 0 aliphatic rings. The first-order chi connectivity index (χ1) is 7.07. The lowest BCUT2D eigenvalue weighted by molar-refractivity contribution is 0.0689. The van der Waals surface area contributed by atoms with Crippen LogP contribution in [0.25, 0.3) is 0 Å². The predicted octanol–water partition coefficient (Wildman–Crippen LogP) is 0.618. The summed E-state index contributed by atoms with van der Waals surface area (Å²) in [5, 5.41) is 24.9. The fourth-order valence-corrected chi connectivity index (χ4v) is 1.47. The highest BCUT2D eigenvalue weighted by Gasteiger charge is 2.17. The highest BCUT2D eigenvalue weighted by atomic mass is 16.4. The number of nitrogens with zero attached hydrogens (tertiary/aromatic N) is 3. The van der Waals surface area contributed by atoms with Gasteiger partial charge in [-0.05, 0) is 26.7 Å². The number of aromatic carboxylic acids is 1. The largest absolute Gasteiger partial charge is 0.476 e. The Morgan fingerprint density at radius 2 is 2.27 bits per heavy atom. The molecule has 0 aromatic carbocycles. The molecule has 1 atom stereocenters. The van der Waals surface area contributed by atoms with Crippen molar-refractivity contribution in [1.82, 2.24) is 15.0 Å². The van der Waals surface area contributed by atoms with Crippen LogP contribution in [0.15, 0.2) is 0 Å². The maximum atomic E-state index is 10.7. The van der Waals surface area contributed by atoms with E-state index in [4.69, 9.17) is 10.2 Å². The molecule has 6 heteroatoms. The second kappa shape index (κ2) is 4.88. The molecule has 0 spiro atoms. The molecule has 0 aliphatic carbocycles. The number of aliphatic hydroxyl groups is 1. The minimum atomic E-state index is -1.06. The van der Waals surface area contributed by atoms with Gasteiger partial charge in [-0.15, -0.1) is 5.10 Å². The normalized spacial score (nSPS) is 12.7. The molecule has 1 aromatic heterocycles. The topological polar surface area (TPSA) is 88.2 Å². The minimum Gasteiger partial charge on any atom is -0.476 e. The van der Waals surface area contributed by atoms with Crippen molar-refractivity contribution in [3.05, 3.63) is 11.4 Å². The number of carbonyl (C=O) groups is 1. The van der Waals surface area contributed by atoms with Gasteiger partial charge in [-0.2, -0.15) is 0 Å². The molecule has 84 valence electrons. The van der Waals surface area contributed by atoms with Crippen molar-refractivity contribution in [3.63, 3.8) is 0 Å². The van der Waals surface area contributed by atoms with Crippen molar-refractivity contribution < 1.29 is 15.0 Å². The summed E-state index contributed by atoms with van der Waals surface area (Å²) in [5.74, 6) is -1.06. The molecule has 15 heavy (non-hydrogen) atoms. The molecule has 0 radical (unpaired) electrons. The molecule has 0 fully saturated rings. The van der Waals surface area contributed by atoms with Gasteiger partial charge in [0.15, 0.2) is 5.69 Å². The zero-order valence-electron chi connectivity index (χ0n) is 8.84. The van der Waals surface area contributed by atoms with Gasteiger partial charge in [-0.25, -0.2) is 9.48 Å². The van der Waals surface area contributed by atoms with Crippen molar-refractivity contribution in [2.75, 3.05) is 6.61 Å². The Morgan fingerprint density at radius 1 is 1.60 bits per heavy atom. The number of aromatic nitrogens is 3. The Bertz CT molecular complexity index is 348. The van der Waals surface area contributed by atoms with E-state index in [1.54, 1.807) is 11.6 Å². The van der Waals surface area contributed by atoms with Crippen LogP contribution in [-0.4, -0.2) is 37.8 Å². The number of aliphatic hydroxyl groups excluding tert-OH is 1. The van der Waals surface area contributed by atoms with Gasteiger partial charge in [0.05, 0.1) is 11.7 Å². The van der Waals surface area contributed by atoms with Crippen LogP contribution in [0, 0.1) is 6.92 Å². The van der Waals surface area contributed by atoms with Crippen LogP contribution in [0.4, 0.5) is 0 Å². The quantitative estimate of drug-likeness (QED) is 0.748. The Hall–Kier alpha value is -1.43. The molecule has 1 heterocycles. The summed E-state index contributed by atoms with van der Waals surface area (Å²) < 4.78 is 1.58. The average molecular weight is 213 g/mol. The predicted molar refractivity (Wildman–Crippen MR) is 52.7 cm³/mol. The molecule has 2 N–H and O–H groups in total. The monoisotopic (exact) mass is 213 g/mol. The van der Waals surface area contributed by atoms with E-state index in [0.29, 0.717) is 12.1 Å². The van der Waals surface area contributed by atoms with Crippen molar-refractivity contribution in [3.8, 4) is 0 Å². The lowest BCUT2D eigenvalue weighted by atomic mass is 10.2. The highest BCUT2D eigenvalue weighted by molar-refractivity contribution is 5.86. The second-order valence-electron chi connectivity index (χ2n) is 3.49. The van der Waals surface area contributed by atoms with Crippen LogP contribution in [0.1, 0.15) is 42.0 Å². The highest BCUT2D eigenvalue weighted by Crippen LogP contribution is 2.15.